The van der Waals surface area contributed by atoms with Crippen LogP contribution in [-0.4, -0.2) is 28.1 Å². The Labute approximate surface area is 118 Å². The first-order chi connectivity index (χ1) is 9.20. The van der Waals surface area contributed by atoms with Crippen molar-refractivity contribution in [3.63, 3.8) is 0 Å². The first-order valence-corrected chi connectivity index (χ1v) is 6.42. The molecule has 0 spiro atoms. The van der Waals surface area contributed by atoms with Crippen LogP contribution in [0.2, 0.25) is 0 Å². The van der Waals surface area contributed by atoms with Crippen LogP contribution in [0.1, 0.15) is 43.7 Å². The average molecular weight is 279 g/mol. The third-order valence-corrected chi connectivity index (χ3v) is 3.14. The van der Waals surface area contributed by atoms with Crippen molar-refractivity contribution in [1.82, 2.24) is 15.6 Å². The Bertz CT molecular complexity index is 477. The first-order valence-electron chi connectivity index (χ1n) is 6.42. The second-order valence-electron chi connectivity index (χ2n) is 5.77. The summed E-state index contributed by atoms with van der Waals surface area (Å²) in [6.07, 6.45) is 1.44. The number of nitrogens with one attached hydrogen (secondary N) is 2. The molecule has 20 heavy (non-hydrogen) atoms. The van der Waals surface area contributed by atoms with E-state index in [0.29, 0.717) is 6.54 Å². The summed E-state index contributed by atoms with van der Waals surface area (Å²) < 4.78 is 0. The van der Waals surface area contributed by atoms with Crippen LogP contribution in [0.25, 0.3) is 0 Å². The van der Waals surface area contributed by atoms with E-state index in [-0.39, 0.29) is 23.2 Å². The number of urea groups is 1. The fraction of sp³-hybridized carbons (Fsp3) is 0.500. The number of aromatic nitrogens is 1. The Morgan fingerprint density at radius 1 is 1.35 bits per heavy atom. The Morgan fingerprint density at radius 2 is 2.00 bits per heavy atom. The first kappa shape index (κ1) is 15.9. The molecule has 0 aromatic carbocycles. The second-order valence-corrected chi connectivity index (χ2v) is 5.77. The van der Waals surface area contributed by atoms with Gasteiger partial charge in [-0.25, -0.2) is 14.6 Å². The summed E-state index contributed by atoms with van der Waals surface area (Å²) in [5.41, 5.74) is 0.718. The van der Waals surface area contributed by atoms with Gasteiger partial charge in [-0.1, -0.05) is 26.8 Å². The van der Waals surface area contributed by atoms with Gasteiger partial charge in [-0.15, -0.1) is 0 Å². The van der Waals surface area contributed by atoms with E-state index in [2.05, 4.69) is 15.6 Å². The molecule has 1 aromatic rings. The van der Waals surface area contributed by atoms with Crippen LogP contribution in [0.4, 0.5) is 4.79 Å². The Kier molecular flexibility index (Phi) is 5.07. The van der Waals surface area contributed by atoms with E-state index in [1.807, 2.05) is 27.7 Å². The Hall–Kier alpha value is -2.11. The van der Waals surface area contributed by atoms with E-state index in [0.717, 1.165) is 5.56 Å². The van der Waals surface area contributed by atoms with E-state index < -0.39 is 5.97 Å². The summed E-state index contributed by atoms with van der Waals surface area (Å²) in [5.74, 6) is -1.07. The summed E-state index contributed by atoms with van der Waals surface area (Å²) in [5, 5.41) is 14.3. The lowest BCUT2D eigenvalue weighted by Gasteiger charge is -2.28. The molecule has 1 rings (SSSR count). The van der Waals surface area contributed by atoms with E-state index >= 15 is 0 Å². The zero-order valence-electron chi connectivity index (χ0n) is 12.2. The fourth-order valence-electron chi connectivity index (χ4n) is 1.30. The molecule has 1 unspecified atom stereocenters. The van der Waals surface area contributed by atoms with Crippen molar-refractivity contribution < 1.29 is 14.7 Å². The molecule has 0 fully saturated rings. The fourth-order valence-corrected chi connectivity index (χ4v) is 1.30. The number of carbonyl (C=O) groups is 2. The number of pyridine rings is 1. The van der Waals surface area contributed by atoms with Gasteiger partial charge < -0.3 is 15.7 Å². The molecule has 0 saturated heterocycles. The SMILES string of the molecule is CC(NC(=O)NCc1ccc(C(=O)O)nc1)C(C)(C)C. The number of carbonyl (C=O) groups excluding carboxylic acids is 1. The molecular weight excluding hydrogens is 258 g/mol. The molecule has 1 heterocycles. The Balaban J connectivity index is 2.47. The van der Waals surface area contributed by atoms with Crippen LogP contribution in [0.3, 0.4) is 0 Å². The summed E-state index contributed by atoms with van der Waals surface area (Å²) in [6.45, 7) is 8.39. The standard InChI is InChI=1S/C14H21N3O3/c1-9(14(2,3)4)17-13(20)16-8-10-5-6-11(12(18)19)15-7-10/h5-7,9H,8H2,1-4H3,(H,18,19)(H2,16,17,20). The predicted octanol–water partition coefficient (Wildman–Crippen LogP) is 2.01. The van der Waals surface area contributed by atoms with Gasteiger partial charge in [0.1, 0.15) is 5.69 Å². The van der Waals surface area contributed by atoms with Crippen molar-refractivity contribution in [2.45, 2.75) is 40.3 Å². The van der Waals surface area contributed by atoms with Gasteiger partial charge in [0.25, 0.3) is 0 Å². The summed E-state index contributed by atoms with van der Waals surface area (Å²) in [6, 6.07) is 2.82. The van der Waals surface area contributed by atoms with Crippen molar-refractivity contribution >= 4 is 12.0 Å². The van der Waals surface area contributed by atoms with Gasteiger partial charge in [0, 0.05) is 18.8 Å². The monoisotopic (exact) mass is 279 g/mol. The maximum absolute atomic E-state index is 11.7. The normalized spacial score (nSPS) is 12.6. The predicted molar refractivity (Wildman–Crippen MR) is 75.5 cm³/mol. The molecular formula is C14H21N3O3. The minimum atomic E-state index is -1.07. The van der Waals surface area contributed by atoms with Gasteiger partial charge in [-0.2, -0.15) is 0 Å². The molecule has 0 saturated carbocycles. The van der Waals surface area contributed by atoms with Crippen LogP contribution >= 0.6 is 0 Å². The molecule has 1 atom stereocenters. The Morgan fingerprint density at radius 3 is 2.45 bits per heavy atom. The van der Waals surface area contributed by atoms with Crippen LogP contribution in [0.5, 0.6) is 0 Å². The van der Waals surface area contributed by atoms with Crippen LogP contribution < -0.4 is 10.6 Å². The molecule has 6 heteroatoms. The summed E-state index contributed by atoms with van der Waals surface area (Å²) >= 11 is 0. The van der Waals surface area contributed by atoms with Gasteiger partial charge in [-0.05, 0) is 24.0 Å². The molecule has 110 valence electrons. The van der Waals surface area contributed by atoms with Gasteiger partial charge in [0.05, 0.1) is 0 Å². The lowest BCUT2D eigenvalue weighted by atomic mass is 9.88. The van der Waals surface area contributed by atoms with E-state index in [1.165, 1.54) is 12.3 Å². The van der Waals surface area contributed by atoms with Gasteiger partial charge in [0.2, 0.25) is 0 Å². The third-order valence-electron chi connectivity index (χ3n) is 3.14. The lowest BCUT2D eigenvalue weighted by molar-refractivity contribution is 0.0690. The second kappa shape index (κ2) is 6.36. The highest BCUT2D eigenvalue weighted by Crippen LogP contribution is 2.18. The zero-order chi connectivity index (χ0) is 15.3. The summed E-state index contributed by atoms with van der Waals surface area (Å²) in [7, 11) is 0. The molecule has 0 aliphatic carbocycles. The topological polar surface area (TPSA) is 91.3 Å². The number of hydrogen-bond donors (Lipinski definition) is 3. The van der Waals surface area contributed by atoms with Gasteiger partial charge >= 0.3 is 12.0 Å². The number of carboxylic acid groups (broad SMARTS) is 1. The molecule has 0 bridgehead atoms. The van der Waals surface area contributed by atoms with Gasteiger partial charge in [-0.3, -0.25) is 0 Å². The largest absolute Gasteiger partial charge is 0.477 e. The van der Waals surface area contributed by atoms with Crippen molar-refractivity contribution in [2.24, 2.45) is 5.41 Å². The van der Waals surface area contributed by atoms with Crippen LogP contribution in [0, 0.1) is 5.41 Å². The molecule has 0 aliphatic heterocycles. The number of hydrogen-bond acceptors (Lipinski definition) is 3. The molecule has 1 aromatic heterocycles. The highest BCUT2D eigenvalue weighted by Gasteiger charge is 2.21. The average Bonchev–Trinajstić information content (AvgIpc) is 2.35. The number of carboxylic acids is 1. The van der Waals surface area contributed by atoms with Crippen molar-refractivity contribution in [3.8, 4) is 0 Å². The summed E-state index contributed by atoms with van der Waals surface area (Å²) in [4.78, 5) is 26.1. The van der Waals surface area contributed by atoms with Crippen LogP contribution in [0.15, 0.2) is 18.3 Å². The van der Waals surface area contributed by atoms with Crippen molar-refractivity contribution in [3.05, 3.63) is 29.6 Å². The number of nitrogens with zero attached hydrogens (tertiary/aromatic N) is 1. The van der Waals surface area contributed by atoms with E-state index in [1.54, 1.807) is 6.07 Å². The maximum atomic E-state index is 11.7. The molecule has 0 radical (unpaired) electrons. The number of amides is 2. The minimum absolute atomic E-state index is 0.0119. The lowest BCUT2D eigenvalue weighted by Crippen LogP contribution is -2.46. The van der Waals surface area contributed by atoms with Crippen molar-refractivity contribution in [1.29, 1.82) is 0 Å². The third kappa shape index (κ3) is 4.87. The number of aromatic carboxylic acids is 1. The van der Waals surface area contributed by atoms with Crippen molar-refractivity contribution in [2.75, 3.05) is 0 Å². The minimum Gasteiger partial charge on any atom is -0.477 e. The molecule has 2 amide bonds. The highest BCUT2D eigenvalue weighted by atomic mass is 16.4. The zero-order valence-corrected chi connectivity index (χ0v) is 12.2. The molecule has 0 aliphatic rings. The molecule has 3 N–H and O–H groups in total. The quantitative estimate of drug-likeness (QED) is 0.786. The van der Waals surface area contributed by atoms with E-state index in [9.17, 15) is 9.59 Å². The maximum Gasteiger partial charge on any atom is 0.354 e. The highest BCUT2D eigenvalue weighted by molar-refractivity contribution is 5.85. The number of rotatable bonds is 4. The molecule has 6 nitrogen and oxygen atoms in total. The van der Waals surface area contributed by atoms with E-state index in [4.69, 9.17) is 5.11 Å². The smallest absolute Gasteiger partial charge is 0.354 e. The van der Waals surface area contributed by atoms with Crippen LogP contribution in [-0.2, 0) is 6.54 Å². The van der Waals surface area contributed by atoms with Gasteiger partial charge in [0.15, 0.2) is 0 Å².